The molecule has 0 unspecified atom stereocenters. The minimum atomic E-state index is -0.870. The van der Waals surface area contributed by atoms with Crippen molar-refractivity contribution < 1.29 is 28.9 Å². The van der Waals surface area contributed by atoms with E-state index in [1.165, 1.54) is 40.5 Å². The molecular formula is C25H26N7O6S2+. The van der Waals surface area contributed by atoms with E-state index in [0.29, 0.717) is 24.2 Å². The van der Waals surface area contributed by atoms with Crippen LogP contribution in [0.25, 0.3) is 20.8 Å². The summed E-state index contributed by atoms with van der Waals surface area (Å²) in [5.41, 5.74) is 9.94. The van der Waals surface area contributed by atoms with Crippen molar-refractivity contribution in [2.75, 3.05) is 12.8 Å². The van der Waals surface area contributed by atoms with Gasteiger partial charge in [0.15, 0.2) is 0 Å². The number of ether oxygens (including phenoxy) is 1. The van der Waals surface area contributed by atoms with Crippen molar-refractivity contribution in [1.29, 1.82) is 0 Å². The van der Waals surface area contributed by atoms with Crippen molar-refractivity contribution in [3.8, 4) is 0 Å². The Kier molecular flexibility index (Phi) is 7.55. The van der Waals surface area contributed by atoms with Gasteiger partial charge < -0.3 is 14.7 Å². The molecule has 4 atom stereocenters. The normalized spacial score (nSPS) is 20.8. The molecule has 0 radical (unpaired) electrons. The maximum absolute atomic E-state index is 13.5. The molecule has 2 aliphatic rings. The Morgan fingerprint density at radius 3 is 2.75 bits per heavy atom. The number of aromatic nitrogens is 2. The van der Waals surface area contributed by atoms with Gasteiger partial charge in [-0.2, -0.15) is 4.40 Å². The van der Waals surface area contributed by atoms with E-state index in [0.717, 1.165) is 14.7 Å². The van der Waals surface area contributed by atoms with Crippen LogP contribution in [0, 0.1) is 22.0 Å². The average molecular weight is 585 g/mol. The maximum Gasteiger partial charge on any atom is 0.355 e. The van der Waals surface area contributed by atoms with Crippen LogP contribution in [0.3, 0.4) is 0 Å². The number of carbonyl (C=O) groups is 2. The number of amides is 1. The van der Waals surface area contributed by atoms with Crippen LogP contribution in [0.5, 0.6) is 0 Å². The van der Waals surface area contributed by atoms with Gasteiger partial charge >= 0.3 is 5.97 Å². The fourth-order valence-electron chi connectivity index (χ4n) is 5.43. The van der Waals surface area contributed by atoms with E-state index in [2.05, 4.69) is 10.0 Å². The molecule has 1 amide bonds. The number of hydrogen-bond acceptors (Lipinski definition) is 9. The second-order valence-electron chi connectivity index (χ2n) is 9.60. The average Bonchev–Trinajstić information content (AvgIpc) is 3.54. The van der Waals surface area contributed by atoms with E-state index in [4.69, 9.17) is 10.3 Å². The Morgan fingerprint density at radius 2 is 2.12 bits per heavy atom. The minimum absolute atomic E-state index is 0.0688. The van der Waals surface area contributed by atoms with Crippen molar-refractivity contribution >= 4 is 51.1 Å². The van der Waals surface area contributed by atoms with Gasteiger partial charge in [-0.25, -0.2) is 9.36 Å². The van der Waals surface area contributed by atoms with Crippen LogP contribution < -0.4 is 4.57 Å². The van der Waals surface area contributed by atoms with Gasteiger partial charge in [0, 0.05) is 28.5 Å². The Bertz CT molecular complexity index is 1590. The quantitative estimate of drug-likeness (QED) is 0.0438. The number of nitro groups is 1. The number of nitro benzene ring substituents is 1. The molecular weight excluding hydrogens is 558 g/mol. The van der Waals surface area contributed by atoms with Crippen molar-refractivity contribution in [3.05, 3.63) is 73.5 Å². The molecule has 4 heterocycles. The number of thiazole rings is 1. The number of esters is 1. The Labute approximate surface area is 236 Å². The molecule has 3 aromatic rings. The fourth-order valence-corrected chi connectivity index (χ4v) is 7.64. The van der Waals surface area contributed by atoms with Crippen LogP contribution >= 0.6 is 23.1 Å². The molecule has 0 spiro atoms. The Balaban J connectivity index is 1.50. The first kappa shape index (κ1) is 27.6. The summed E-state index contributed by atoms with van der Waals surface area (Å²) in [7, 11) is 0. The zero-order valence-electron chi connectivity index (χ0n) is 21.8. The van der Waals surface area contributed by atoms with Gasteiger partial charge in [-0.15, -0.1) is 0 Å². The van der Waals surface area contributed by atoms with E-state index in [1.807, 2.05) is 34.7 Å². The number of aliphatic hydroxyl groups is 1. The molecule has 40 heavy (non-hydrogen) atoms. The second kappa shape index (κ2) is 10.9. The van der Waals surface area contributed by atoms with E-state index < -0.39 is 22.9 Å². The zero-order valence-corrected chi connectivity index (χ0v) is 23.5. The zero-order chi connectivity index (χ0) is 28.7. The number of rotatable bonds is 10. The minimum Gasteiger partial charge on any atom is -0.456 e. The fraction of sp³-hybridized carbons (Fsp3) is 0.400. The first-order valence-electron chi connectivity index (χ1n) is 12.4. The SMILES string of the molecule is CSc1c2sc(C3=C(C(=O)OCc4ccc([N+](=O)[O-])cc4)N4C(=O)[C@H]([C@@H](C)O)[C@H]4[C@H]3C)cn2c[n+]1CCN=[N+]=[N-]. The number of azide groups is 1. The number of fused-ring (bicyclic) bond motifs is 2. The smallest absolute Gasteiger partial charge is 0.355 e. The molecule has 1 saturated heterocycles. The topological polar surface area (TPSA) is 167 Å². The van der Waals surface area contributed by atoms with Crippen molar-refractivity contribution in [3.63, 3.8) is 0 Å². The molecule has 13 nitrogen and oxygen atoms in total. The van der Waals surface area contributed by atoms with Crippen LogP contribution in [0.2, 0.25) is 0 Å². The van der Waals surface area contributed by atoms with Crippen LogP contribution in [-0.4, -0.2) is 56.2 Å². The van der Waals surface area contributed by atoms with Gasteiger partial charge in [-0.3, -0.25) is 14.9 Å². The highest BCUT2D eigenvalue weighted by atomic mass is 32.2. The summed E-state index contributed by atoms with van der Waals surface area (Å²) in [5.74, 6) is -1.86. The molecule has 0 saturated carbocycles. The Morgan fingerprint density at radius 1 is 1.40 bits per heavy atom. The first-order valence-corrected chi connectivity index (χ1v) is 14.5. The second-order valence-corrected chi connectivity index (χ2v) is 11.4. The van der Waals surface area contributed by atoms with Crippen molar-refractivity contribution in [2.45, 2.75) is 44.2 Å². The summed E-state index contributed by atoms with van der Waals surface area (Å²) in [5, 5.41) is 25.8. The van der Waals surface area contributed by atoms with E-state index in [9.17, 15) is 24.8 Å². The first-order chi connectivity index (χ1) is 19.2. The third-order valence-corrected chi connectivity index (χ3v) is 9.34. The summed E-state index contributed by atoms with van der Waals surface area (Å²) in [4.78, 5) is 43.0. The van der Waals surface area contributed by atoms with Gasteiger partial charge in [-0.05, 0) is 36.4 Å². The summed E-state index contributed by atoms with van der Waals surface area (Å²) in [6, 6.07) is 5.33. The molecule has 1 N–H and O–H groups in total. The molecule has 208 valence electrons. The number of carbonyl (C=O) groups excluding carboxylic acids is 2. The Hall–Kier alpha value is -3.91. The monoisotopic (exact) mass is 584 g/mol. The van der Waals surface area contributed by atoms with Gasteiger partial charge in [0.1, 0.15) is 18.5 Å². The van der Waals surface area contributed by atoms with Gasteiger partial charge in [0.05, 0.1) is 41.0 Å². The van der Waals surface area contributed by atoms with Gasteiger partial charge in [0.2, 0.25) is 15.8 Å². The van der Waals surface area contributed by atoms with E-state index in [-0.39, 0.29) is 35.9 Å². The molecule has 1 aromatic carbocycles. The summed E-state index contributed by atoms with van der Waals surface area (Å²) >= 11 is 3.03. The van der Waals surface area contributed by atoms with Crippen molar-refractivity contribution in [2.24, 2.45) is 17.0 Å². The van der Waals surface area contributed by atoms with Crippen LogP contribution in [0.4, 0.5) is 5.69 Å². The number of thioether (sulfide) groups is 1. The highest BCUT2D eigenvalue weighted by molar-refractivity contribution is 7.98. The highest BCUT2D eigenvalue weighted by Crippen LogP contribution is 2.52. The molecule has 0 aliphatic carbocycles. The number of non-ortho nitro benzene ring substituents is 1. The molecule has 2 aliphatic heterocycles. The summed E-state index contributed by atoms with van der Waals surface area (Å²) in [6.07, 6.45) is 4.90. The van der Waals surface area contributed by atoms with E-state index in [1.54, 1.807) is 18.7 Å². The van der Waals surface area contributed by atoms with Crippen LogP contribution in [0.1, 0.15) is 24.3 Å². The number of nitrogens with zero attached hydrogens (tertiary/aromatic N) is 7. The summed E-state index contributed by atoms with van der Waals surface area (Å²) in [6.45, 7) is 4.22. The lowest BCUT2D eigenvalue weighted by Crippen LogP contribution is -2.63. The van der Waals surface area contributed by atoms with Crippen LogP contribution in [-0.2, 0) is 27.5 Å². The third-order valence-electron chi connectivity index (χ3n) is 7.25. The van der Waals surface area contributed by atoms with Gasteiger partial charge in [-0.1, -0.05) is 35.1 Å². The molecule has 1 fully saturated rings. The summed E-state index contributed by atoms with van der Waals surface area (Å²) < 4.78 is 9.56. The number of aliphatic hydroxyl groups excluding tert-OH is 1. The largest absolute Gasteiger partial charge is 0.456 e. The number of β-lactam (4-membered cyclic amide) rings is 1. The van der Waals surface area contributed by atoms with E-state index >= 15 is 0 Å². The third kappa shape index (κ3) is 4.60. The number of benzene rings is 1. The molecule has 5 rings (SSSR count). The van der Waals surface area contributed by atoms with Crippen LogP contribution in [0.15, 0.2) is 52.6 Å². The van der Waals surface area contributed by atoms with Gasteiger partial charge in [0.25, 0.3) is 12.0 Å². The predicted molar refractivity (Wildman–Crippen MR) is 146 cm³/mol. The van der Waals surface area contributed by atoms with Crippen molar-refractivity contribution in [1.82, 2.24) is 9.30 Å². The number of imidazole rings is 1. The molecule has 2 aromatic heterocycles. The maximum atomic E-state index is 13.5. The number of hydrogen-bond donors (Lipinski definition) is 1. The molecule has 0 bridgehead atoms. The highest BCUT2D eigenvalue weighted by Gasteiger charge is 2.60. The lowest BCUT2D eigenvalue weighted by Gasteiger charge is -2.46. The predicted octanol–water partition coefficient (Wildman–Crippen LogP) is 3.54. The lowest BCUT2D eigenvalue weighted by atomic mass is 9.77. The standard InChI is InChI=1S/C25H26N7O6S2/c1-13-18(17-10-30-12-29(9-8-27-28-26)23(39-3)24(30)40-17)21(31-20(13)19(14(2)33)22(31)34)25(35)38-11-15-4-6-16(7-5-15)32(36)37/h4-7,10,12-14,19-20,33H,8-9,11H2,1-3H3/q+1/t13-,14+,19+,20+/m0/s1. The lowest BCUT2D eigenvalue weighted by molar-refractivity contribution is -0.727. The molecule has 15 heteroatoms.